The zero-order valence-corrected chi connectivity index (χ0v) is 11.4. The fraction of sp³-hybridized carbons (Fsp3) is 0.462. The summed E-state index contributed by atoms with van der Waals surface area (Å²) in [7, 11) is -3.51. The van der Waals surface area contributed by atoms with Crippen molar-refractivity contribution in [3.05, 3.63) is 29.8 Å². The van der Waals surface area contributed by atoms with Crippen LogP contribution in [0, 0.1) is 5.92 Å². The number of carboxylic acid groups (broad SMARTS) is 1. The molecule has 1 aromatic carbocycles. The van der Waals surface area contributed by atoms with Crippen LogP contribution < -0.4 is 0 Å². The van der Waals surface area contributed by atoms with Crippen molar-refractivity contribution in [1.29, 1.82) is 0 Å². The quantitative estimate of drug-likeness (QED) is 0.862. The SMILES string of the molecule is CC(C)CCCS(=O)(=O)c1ccccc1C(=O)O. The third-order valence-corrected chi connectivity index (χ3v) is 4.50. The second-order valence-electron chi connectivity index (χ2n) is 4.66. The maximum atomic E-state index is 12.1. The Morgan fingerprint density at radius 2 is 1.89 bits per heavy atom. The molecule has 0 atom stereocenters. The molecule has 0 radical (unpaired) electrons. The number of rotatable bonds is 6. The van der Waals surface area contributed by atoms with Crippen molar-refractivity contribution in [1.82, 2.24) is 0 Å². The van der Waals surface area contributed by atoms with Crippen LogP contribution in [0.15, 0.2) is 29.2 Å². The van der Waals surface area contributed by atoms with E-state index in [-0.39, 0.29) is 16.2 Å². The molecule has 1 N–H and O–H groups in total. The third kappa shape index (κ3) is 3.84. The highest BCUT2D eigenvalue weighted by Crippen LogP contribution is 2.19. The lowest BCUT2D eigenvalue weighted by Crippen LogP contribution is -2.12. The van der Waals surface area contributed by atoms with Crippen molar-refractivity contribution in [2.45, 2.75) is 31.6 Å². The molecule has 0 aliphatic heterocycles. The fourth-order valence-corrected chi connectivity index (χ4v) is 3.25. The van der Waals surface area contributed by atoms with Gasteiger partial charge in [-0.3, -0.25) is 0 Å². The van der Waals surface area contributed by atoms with Gasteiger partial charge in [0.05, 0.1) is 16.2 Å². The molecule has 1 aromatic rings. The normalized spacial score (nSPS) is 11.7. The van der Waals surface area contributed by atoms with Gasteiger partial charge in [0, 0.05) is 0 Å². The lowest BCUT2D eigenvalue weighted by molar-refractivity contribution is 0.0692. The molecular weight excluding hydrogens is 252 g/mol. The predicted octanol–water partition coefficient (Wildman–Crippen LogP) is 2.59. The van der Waals surface area contributed by atoms with E-state index in [0.29, 0.717) is 12.3 Å². The summed E-state index contributed by atoms with van der Waals surface area (Å²) in [6, 6.07) is 5.74. The minimum Gasteiger partial charge on any atom is -0.478 e. The van der Waals surface area contributed by atoms with E-state index in [1.807, 2.05) is 13.8 Å². The van der Waals surface area contributed by atoms with Crippen molar-refractivity contribution < 1.29 is 18.3 Å². The van der Waals surface area contributed by atoms with Crippen LogP contribution in [0.4, 0.5) is 0 Å². The maximum absolute atomic E-state index is 12.1. The molecule has 18 heavy (non-hydrogen) atoms. The van der Waals surface area contributed by atoms with Crippen LogP contribution in [0.1, 0.15) is 37.0 Å². The van der Waals surface area contributed by atoms with E-state index in [9.17, 15) is 13.2 Å². The van der Waals surface area contributed by atoms with E-state index in [2.05, 4.69) is 0 Å². The summed E-state index contributed by atoms with van der Waals surface area (Å²) in [5.41, 5.74) is -0.151. The lowest BCUT2D eigenvalue weighted by atomic mass is 10.1. The first kappa shape index (κ1) is 14.7. The largest absolute Gasteiger partial charge is 0.478 e. The highest BCUT2D eigenvalue weighted by molar-refractivity contribution is 7.91. The highest BCUT2D eigenvalue weighted by Gasteiger charge is 2.21. The molecule has 0 bridgehead atoms. The summed E-state index contributed by atoms with van der Waals surface area (Å²) in [4.78, 5) is 10.9. The number of sulfone groups is 1. The Hall–Kier alpha value is -1.36. The number of carbonyl (C=O) groups is 1. The van der Waals surface area contributed by atoms with Crippen LogP contribution in [0.5, 0.6) is 0 Å². The van der Waals surface area contributed by atoms with E-state index in [1.54, 1.807) is 6.07 Å². The van der Waals surface area contributed by atoms with Gasteiger partial charge >= 0.3 is 5.97 Å². The minimum absolute atomic E-state index is 0.00449. The number of carboxylic acids is 1. The highest BCUT2D eigenvalue weighted by atomic mass is 32.2. The van der Waals surface area contributed by atoms with Crippen LogP contribution in [0.3, 0.4) is 0 Å². The first-order valence-electron chi connectivity index (χ1n) is 5.89. The molecule has 0 saturated heterocycles. The molecule has 0 saturated carbocycles. The van der Waals surface area contributed by atoms with Gasteiger partial charge in [0.15, 0.2) is 9.84 Å². The van der Waals surface area contributed by atoms with Gasteiger partial charge in [-0.25, -0.2) is 13.2 Å². The number of hydrogen-bond donors (Lipinski definition) is 1. The molecule has 0 heterocycles. The van der Waals surface area contributed by atoms with E-state index >= 15 is 0 Å². The number of benzene rings is 1. The molecule has 0 aliphatic rings. The molecular formula is C13H18O4S. The molecule has 4 nitrogen and oxygen atoms in total. The Kier molecular flexibility index (Phi) is 4.90. The van der Waals surface area contributed by atoms with Crippen LogP contribution in [0.2, 0.25) is 0 Å². The monoisotopic (exact) mass is 270 g/mol. The van der Waals surface area contributed by atoms with Crippen molar-refractivity contribution in [2.75, 3.05) is 5.75 Å². The van der Waals surface area contributed by atoms with Gasteiger partial charge in [-0.1, -0.05) is 26.0 Å². The van der Waals surface area contributed by atoms with Crippen LogP contribution in [-0.2, 0) is 9.84 Å². The second kappa shape index (κ2) is 6.00. The summed E-state index contributed by atoms with van der Waals surface area (Å²) < 4.78 is 24.2. The van der Waals surface area contributed by atoms with E-state index in [4.69, 9.17) is 5.11 Å². The third-order valence-electron chi connectivity index (χ3n) is 2.65. The zero-order chi connectivity index (χ0) is 13.8. The summed E-state index contributed by atoms with van der Waals surface area (Å²) in [6.45, 7) is 4.05. The van der Waals surface area contributed by atoms with E-state index < -0.39 is 15.8 Å². The Labute approximate surface area is 108 Å². The predicted molar refractivity (Wildman–Crippen MR) is 69.5 cm³/mol. The average molecular weight is 270 g/mol. The van der Waals surface area contributed by atoms with Crippen molar-refractivity contribution in [3.63, 3.8) is 0 Å². The molecule has 0 unspecified atom stereocenters. The lowest BCUT2D eigenvalue weighted by Gasteiger charge is -2.08. The standard InChI is InChI=1S/C13H18O4S/c1-10(2)6-5-9-18(16,17)12-8-4-3-7-11(12)13(14)15/h3-4,7-8,10H,5-6,9H2,1-2H3,(H,14,15). The van der Waals surface area contributed by atoms with E-state index in [1.165, 1.54) is 18.2 Å². The van der Waals surface area contributed by atoms with Gasteiger partial charge in [-0.05, 0) is 30.9 Å². The molecule has 1 rings (SSSR count). The molecule has 0 amide bonds. The van der Waals surface area contributed by atoms with Gasteiger partial charge in [-0.2, -0.15) is 0 Å². The summed E-state index contributed by atoms with van der Waals surface area (Å²) in [5.74, 6) is -0.775. The smallest absolute Gasteiger partial charge is 0.337 e. The van der Waals surface area contributed by atoms with Crippen molar-refractivity contribution >= 4 is 15.8 Å². The van der Waals surface area contributed by atoms with Crippen molar-refractivity contribution in [3.8, 4) is 0 Å². The summed E-state index contributed by atoms with van der Waals surface area (Å²) in [6.07, 6.45) is 1.36. The molecule has 0 fully saturated rings. The van der Waals surface area contributed by atoms with Crippen LogP contribution >= 0.6 is 0 Å². The Morgan fingerprint density at radius 3 is 2.44 bits per heavy atom. The first-order chi connectivity index (χ1) is 8.34. The molecule has 5 heteroatoms. The molecule has 0 spiro atoms. The maximum Gasteiger partial charge on any atom is 0.337 e. The number of aromatic carboxylic acids is 1. The summed E-state index contributed by atoms with van der Waals surface area (Å²) in [5, 5.41) is 8.98. The first-order valence-corrected chi connectivity index (χ1v) is 7.55. The molecule has 100 valence electrons. The van der Waals surface area contributed by atoms with Gasteiger partial charge in [0.1, 0.15) is 0 Å². The topological polar surface area (TPSA) is 71.4 Å². The Morgan fingerprint density at radius 1 is 1.28 bits per heavy atom. The zero-order valence-electron chi connectivity index (χ0n) is 10.6. The molecule has 0 aliphatic carbocycles. The average Bonchev–Trinajstić information content (AvgIpc) is 2.28. The Balaban J connectivity index is 2.95. The number of hydrogen-bond acceptors (Lipinski definition) is 3. The van der Waals surface area contributed by atoms with Gasteiger partial charge in [-0.15, -0.1) is 0 Å². The fourth-order valence-electron chi connectivity index (χ4n) is 1.71. The summed E-state index contributed by atoms with van der Waals surface area (Å²) >= 11 is 0. The Bertz CT molecular complexity index is 518. The van der Waals surface area contributed by atoms with Gasteiger partial charge in [0.25, 0.3) is 0 Å². The van der Waals surface area contributed by atoms with Gasteiger partial charge in [0.2, 0.25) is 0 Å². The molecule has 0 aromatic heterocycles. The van der Waals surface area contributed by atoms with E-state index in [0.717, 1.165) is 6.42 Å². The van der Waals surface area contributed by atoms with Crippen LogP contribution in [-0.4, -0.2) is 25.2 Å². The minimum atomic E-state index is -3.51. The van der Waals surface area contributed by atoms with Gasteiger partial charge < -0.3 is 5.11 Å². The second-order valence-corrected chi connectivity index (χ2v) is 6.73. The van der Waals surface area contributed by atoms with Crippen molar-refractivity contribution in [2.24, 2.45) is 5.92 Å². The van der Waals surface area contributed by atoms with Crippen LogP contribution in [0.25, 0.3) is 0 Å².